The molecule has 72 valence electrons. The number of rotatable bonds is 1. The first-order chi connectivity index (χ1) is 5.90. The molecular weight excluding hydrogens is 162 g/mol. The SMILES string of the molecule is CC(O)C1=CC=CC1=NC(C)(C)C. The van der Waals surface area contributed by atoms with Gasteiger partial charge < -0.3 is 5.11 Å². The van der Waals surface area contributed by atoms with Crippen LogP contribution in [0.3, 0.4) is 0 Å². The smallest absolute Gasteiger partial charge is 0.0782 e. The van der Waals surface area contributed by atoms with Crippen LogP contribution in [0.25, 0.3) is 0 Å². The van der Waals surface area contributed by atoms with E-state index in [0.717, 1.165) is 11.3 Å². The third-order valence-corrected chi connectivity index (χ3v) is 1.73. The average Bonchev–Trinajstić information content (AvgIpc) is 2.31. The zero-order valence-corrected chi connectivity index (χ0v) is 8.70. The highest BCUT2D eigenvalue weighted by Crippen LogP contribution is 2.17. The maximum atomic E-state index is 9.43. The van der Waals surface area contributed by atoms with Crippen LogP contribution in [0.1, 0.15) is 27.7 Å². The summed E-state index contributed by atoms with van der Waals surface area (Å²) in [5, 5.41) is 9.43. The molecule has 2 nitrogen and oxygen atoms in total. The molecule has 0 aromatic rings. The minimum atomic E-state index is -0.434. The lowest BCUT2D eigenvalue weighted by molar-refractivity contribution is 0.238. The lowest BCUT2D eigenvalue weighted by atomic mass is 10.1. The van der Waals surface area contributed by atoms with Gasteiger partial charge in [-0.05, 0) is 33.8 Å². The number of aliphatic hydroxyl groups excluding tert-OH is 1. The Morgan fingerprint density at radius 1 is 1.38 bits per heavy atom. The van der Waals surface area contributed by atoms with Gasteiger partial charge in [0.2, 0.25) is 0 Å². The Kier molecular flexibility index (Phi) is 2.71. The van der Waals surface area contributed by atoms with Crippen molar-refractivity contribution in [3.05, 3.63) is 23.8 Å². The summed E-state index contributed by atoms with van der Waals surface area (Å²) in [6, 6.07) is 0. The van der Waals surface area contributed by atoms with Crippen LogP contribution in [0, 0.1) is 0 Å². The van der Waals surface area contributed by atoms with Crippen molar-refractivity contribution in [1.29, 1.82) is 0 Å². The lowest BCUT2D eigenvalue weighted by Gasteiger charge is -2.15. The maximum Gasteiger partial charge on any atom is 0.0782 e. The van der Waals surface area contributed by atoms with Gasteiger partial charge in [0.1, 0.15) is 0 Å². The van der Waals surface area contributed by atoms with Gasteiger partial charge in [0, 0.05) is 5.57 Å². The summed E-state index contributed by atoms with van der Waals surface area (Å²) in [5.41, 5.74) is 1.73. The number of hydrogen-bond acceptors (Lipinski definition) is 2. The van der Waals surface area contributed by atoms with Gasteiger partial charge in [-0.2, -0.15) is 0 Å². The van der Waals surface area contributed by atoms with E-state index in [1.54, 1.807) is 6.92 Å². The molecule has 0 bridgehead atoms. The summed E-state index contributed by atoms with van der Waals surface area (Å²) in [7, 11) is 0. The lowest BCUT2D eigenvalue weighted by Crippen LogP contribution is -2.17. The van der Waals surface area contributed by atoms with Gasteiger partial charge in [0.15, 0.2) is 0 Å². The Balaban J connectivity index is 2.89. The van der Waals surface area contributed by atoms with Gasteiger partial charge in [0.05, 0.1) is 17.4 Å². The van der Waals surface area contributed by atoms with E-state index in [2.05, 4.69) is 4.99 Å². The highest BCUT2D eigenvalue weighted by molar-refractivity contribution is 6.11. The Morgan fingerprint density at radius 3 is 2.46 bits per heavy atom. The second kappa shape index (κ2) is 3.46. The first-order valence-electron chi connectivity index (χ1n) is 4.57. The van der Waals surface area contributed by atoms with E-state index >= 15 is 0 Å². The third-order valence-electron chi connectivity index (χ3n) is 1.73. The molecule has 2 heteroatoms. The van der Waals surface area contributed by atoms with Gasteiger partial charge >= 0.3 is 0 Å². The van der Waals surface area contributed by atoms with Gasteiger partial charge in [0.25, 0.3) is 0 Å². The molecule has 0 aromatic carbocycles. The van der Waals surface area contributed by atoms with Crippen molar-refractivity contribution in [2.45, 2.75) is 39.3 Å². The Labute approximate surface area is 79.7 Å². The van der Waals surface area contributed by atoms with Crippen molar-refractivity contribution in [3.63, 3.8) is 0 Å². The fraction of sp³-hybridized carbons (Fsp3) is 0.545. The van der Waals surface area contributed by atoms with Crippen LogP contribution >= 0.6 is 0 Å². The molecule has 1 N–H and O–H groups in total. The number of aliphatic hydroxyl groups is 1. The van der Waals surface area contributed by atoms with E-state index in [0.29, 0.717) is 0 Å². The largest absolute Gasteiger partial charge is 0.389 e. The van der Waals surface area contributed by atoms with Crippen molar-refractivity contribution in [2.24, 2.45) is 4.99 Å². The van der Waals surface area contributed by atoms with Crippen molar-refractivity contribution in [3.8, 4) is 0 Å². The van der Waals surface area contributed by atoms with Crippen molar-refractivity contribution < 1.29 is 5.11 Å². The Bertz CT molecular complexity index is 277. The summed E-state index contributed by atoms with van der Waals surface area (Å²) < 4.78 is 0. The minimum absolute atomic E-state index is 0.0853. The molecule has 0 radical (unpaired) electrons. The van der Waals surface area contributed by atoms with Crippen molar-refractivity contribution in [1.82, 2.24) is 0 Å². The first-order valence-corrected chi connectivity index (χ1v) is 4.57. The molecule has 0 fully saturated rings. The summed E-state index contributed by atoms with van der Waals surface area (Å²) in [6.45, 7) is 7.90. The maximum absolute atomic E-state index is 9.43. The standard InChI is InChI=1S/C11H17NO/c1-8(13)9-6-5-7-10(9)12-11(2,3)4/h5-8,13H,1-4H3. The zero-order chi connectivity index (χ0) is 10.1. The van der Waals surface area contributed by atoms with Gasteiger partial charge in [-0.25, -0.2) is 0 Å². The molecule has 1 unspecified atom stereocenters. The molecule has 1 rings (SSSR count). The fourth-order valence-corrected chi connectivity index (χ4v) is 1.24. The Morgan fingerprint density at radius 2 is 2.00 bits per heavy atom. The second-order valence-corrected chi connectivity index (χ2v) is 4.32. The van der Waals surface area contributed by atoms with Crippen LogP contribution in [0.5, 0.6) is 0 Å². The van der Waals surface area contributed by atoms with E-state index in [9.17, 15) is 5.11 Å². The van der Waals surface area contributed by atoms with Crippen LogP contribution < -0.4 is 0 Å². The van der Waals surface area contributed by atoms with Crippen LogP contribution in [0.2, 0.25) is 0 Å². The van der Waals surface area contributed by atoms with E-state index in [-0.39, 0.29) is 5.54 Å². The highest BCUT2D eigenvalue weighted by Gasteiger charge is 2.16. The first kappa shape index (κ1) is 10.2. The van der Waals surface area contributed by atoms with Crippen molar-refractivity contribution in [2.75, 3.05) is 0 Å². The van der Waals surface area contributed by atoms with Crippen LogP contribution in [-0.2, 0) is 0 Å². The number of hydrogen-bond donors (Lipinski definition) is 1. The summed E-state index contributed by atoms with van der Waals surface area (Å²) >= 11 is 0. The Hall–Kier alpha value is -0.890. The molecule has 1 aliphatic rings. The van der Waals surface area contributed by atoms with Gasteiger partial charge in [-0.1, -0.05) is 12.2 Å². The van der Waals surface area contributed by atoms with E-state index in [1.807, 2.05) is 39.0 Å². The molecule has 0 amide bonds. The van der Waals surface area contributed by atoms with Gasteiger partial charge in [-0.3, -0.25) is 4.99 Å². The van der Waals surface area contributed by atoms with Gasteiger partial charge in [-0.15, -0.1) is 0 Å². The monoisotopic (exact) mass is 179 g/mol. The summed E-state index contributed by atoms with van der Waals surface area (Å²) in [4.78, 5) is 4.51. The van der Waals surface area contributed by atoms with Crippen LogP contribution in [0.4, 0.5) is 0 Å². The molecule has 0 saturated carbocycles. The number of aliphatic imine (C=N–C) groups is 1. The molecule has 13 heavy (non-hydrogen) atoms. The van der Waals surface area contributed by atoms with E-state index < -0.39 is 6.10 Å². The summed E-state index contributed by atoms with van der Waals surface area (Å²) in [5.74, 6) is 0. The predicted octanol–water partition coefficient (Wildman–Crippen LogP) is 2.10. The minimum Gasteiger partial charge on any atom is -0.389 e. The number of nitrogens with zero attached hydrogens (tertiary/aromatic N) is 1. The fourth-order valence-electron chi connectivity index (χ4n) is 1.24. The molecule has 1 aliphatic carbocycles. The topological polar surface area (TPSA) is 32.6 Å². The quantitative estimate of drug-likeness (QED) is 0.657. The molecular formula is C11H17NO. The summed E-state index contributed by atoms with van der Waals surface area (Å²) in [6.07, 6.45) is 5.34. The normalized spacial score (nSPS) is 22.2. The molecule has 0 heterocycles. The van der Waals surface area contributed by atoms with Crippen LogP contribution in [-0.4, -0.2) is 22.5 Å². The highest BCUT2D eigenvalue weighted by atomic mass is 16.3. The van der Waals surface area contributed by atoms with Crippen molar-refractivity contribution >= 4 is 5.71 Å². The predicted molar refractivity (Wildman–Crippen MR) is 56.1 cm³/mol. The average molecular weight is 179 g/mol. The van der Waals surface area contributed by atoms with Crippen LogP contribution in [0.15, 0.2) is 28.8 Å². The molecule has 0 aliphatic heterocycles. The van der Waals surface area contributed by atoms with E-state index in [4.69, 9.17) is 0 Å². The second-order valence-electron chi connectivity index (χ2n) is 4.32. The molecule has 0 saturated heterocycles. The zero-order valence-electron chi connectivity index (χ0n) is 8.70. The molecule has 0 aromatic heterocycles. The third kappa shape index (κ3) is 2.81. The molecule has 0 spiro atoms. The van der Waals surface area contributed by atoms with E-state index in [1.165, 1.54) is 0 Å². The molecule has 1 atom stereocenters. The number of allylic oxidation sites excluding steroid dienone is 3.